The van der Waals surface area contributed by atoms with Gasteiger partial charge in [0.15, 0.2) is 9.84 Å². The molecule has 2 rings (SSSR count). The number of ether oxygens (including phenoxy) is 1. The normalized spacial score (nSPS) is 42.5. The van der Waals surface area contributed by atoms with Gasteiger partial charge in [0.25, 0.3) is 0 Å². The Kier molecular flexibility index (Phi) is 2.81. The predicted octanol–water partition coefficient (Wildman–Crippen LogP) is 0.146. The third-order valence-electron chi connectivity index (χ3n) is 2.90. The maximum atomic E-state index is 11.4. The second-order valence-corrected chi connectivity index (χ2v) is 6.57. The second-order valence-electron chi connectivity index (χ2n) is 4.34. The van der Waals surface area contributed by atoms with E-state index >= 15 is 0 Å². The highest BCUT2D eigenvalue weighted by Gasteiger charge is 2.34. The molecule has 4 nitrogen and oxygen atoms in total. The van der Waals surface area contributed by atoms with E-state index in [4.69, 9.17) is 4.74 Å². The van der Waals surface area contributed by atoms with Gasteiger partial charge >= 0.3 is 0 Å². The number of rotatable bonds is 1. The maximum absolute atomic E-state index is 11.4. The van der Waals surface area contributed by atoms with E-state index in [0.717, 1.165) is 12.8 Å². The molecule has 5 heteroatoms. The van der Waals surface area contributed by atoms with Crippen molar-refractivity contribution in [3.8, 4) is 0 Å². The van der Waals surface area contributed by atoms with Gasteiger partial charge in [-0.15, -0.1) is 0 Å². The molecule has 0 spiro atoms. The van der Waals surface area contributed by atoms with Crippen LogP contribution in [-0.2, 0) is 14.6 Å². The van der Waals surface area contributed by atoms with Crippen LogP contribution in [0.2, 0.25) is 0 Å². The third kappa shape index (κ3) is 2.27. The molecule has 0 aromatic rings. The van der Waals surface area contributed by atoms with Gasteiger partial charge in [-0.1, -0.05) is 0 Å². The Morgan fingerprint density at radius 3 is 2.79 bits per heavy atom. The molecule has 0 amide bonds. The van der Waals surface area contributed by atoms with Crippen LogP contribution in [0.5, 0.6) is 0 Å². The van der Waals surface area contributed by atoms with Gasteiger partial charge in [-0.25, -0.2) is 8.42 Å². The summed E-state index contributed by atoms with van der Waals surface area (Å²) in [5.41, 5.74) is 0. The van der Waals surface area contributed by atoms with E-state index < -0.39 is 9.84 Å². The van der Waals surface area contributed by atoms with E-state index in [-0.39, 0.29) is 17.9 Å². The van der Waals surface area contributed by atoms with Gasteiger partial charge in [-0.05, 0) is 19.8 Å². The molecule has 2 saturated heterocycles. The Labute approximate surface area is 84.9 Å². The molecular weight excluding hydrogens is 202 g/mol. The first-order valence-corrected chi connectivity index (χ1v) is 6.97. The Balaban J connectivity index is 1.98. The molecule has 0 radical (unpaired) electrons. The first-order valence-electron chi connectivity index (χ1n) is 5.15. The molecule has 0 aliphatic carbocycles. The first kappa shape index (κ1) is 10.4. The van der Waals surface area contributed by atoms with Crippen molar-refractivity contribution in [2.75, 3.05) is 18.1 Å². The lowest BCUT2D eigenvalue weighted by atomic mass is 10.0. The molecule has 0 aromatic carbocycles. The highest BCUT2D eigenvalue weighted by atomic mass is 32.2. The molecule has 2 heterocycles. The van der Waals surface area contributed by atoms with Gasteiger partial charge in [0.1, 0.15) is 6.23 Å². The van der Waals surface area contributed by atoms with Crippen molar-refractivity contribution in [3.05, 3.63) is 0 Å². The molecular formula is C9H17NO3S. The lowest BCUT2D eigenvalue weighted by Gasteiger charge is -2.26. The SMILES string of the molecule is CC1COC(C2CCCS(=O)(=O)C2)N1. The van der Waals surface area contributed by atoms with E-state index in [1.165, 1.54) is 0 Å². The Bertz CT molecular complexity index is 301. The van der Waals surface area contributed by atoms with Crippen LogP contribution in [0.15, 0.2) is 0 Å². The molecule has 14 heavy (non-hydrogen) atoms. The third-order valence-corrected chi connectivity index (χ3v) is 4.75. The quantitative estimate of drug-likeness (QED) is 0.682. The van der Waals surface area contributed by atoms with Crippen molar-refractivity contribution < 1.29 is 13.2 Å². The highest BCUT2D eigenvalue weighted by Crippen LogP contribution is 2.24. The van der Waals surface area contributed by atoms with Crippen LogP contribution in [0.1, 0.15) is 19.8 Å². The van der Waals surface area contributed by atoms with Crippen LogP contribution in [0.3, 0.4) is 0 Å². The van der Waals surface area contributed by atoms with Crippen molar-refractivity contribution in [2.45, 2.75) is 32.0 Å². The lowest BCUT2D eigenvalue weighted by molar-refractivity contribution is 0.0546. The van der Waals surface area contributed by atoms with Crippen molar-refractivity contribution >= 4 is 9.84 Å². The van der Waals surface area contributed by atoms with Crippen molar-refractivity contribution in [1.29, 1.82) is 0 Å². The standard InChI is InChI=1S/C9H17NO3S/c1-7-5-13-9(10-7)8-3-2-4-14(11,12)6-8/h7-10H,2-6H2,1H3. The number of hydrogen-bond acceptors (Lipinski definition) is 4. The second kappa shape index (κ2) is 3.79. The zero-order chi connectivity index (χ0) is 10.2. The van der Waals surface area contributed by atoms with E-state index in [1.807, 2.05) is 0 Å². The molecule has 0 aromatic heterocycles. The molecule has 2 aliphatic rings. The molecule has 1 N–H and O–H groups in total. The van der Waals surface area contributed by atoms with Gasteiger partial charge in [-0.3, -0.25) is 5.32 Å². The fourth-order valence-corrected chi connectivity index (χ4v) is 3.96. The molecule has 3 unspecified atom stereocenters. The minimum atomic E-state index is -2.81. The van der Waals surface area contributed by atoms with Crippen LogP contribution < -0.4 is 5.32 Å². The summed E-state index contributed by atoms with van der Waals surface area (Å²) in [5.74, 6) is 0.794. The minimum absolute atomic E-state index is 0.0416. The molecule has 82 valence electrons. The van der Waals surface area contributed by atoms with Gasteiger partial charge < -0.3 is 4.74 Å². The van der Waals surface area contributed by atoms with E-state index in [1.54, 1.807) is 0 Å². The molecule has 0 saturated carbocycles. The van der Waals surface area contributed by atoms with Gasteiger partial charge in [-0.2, -0.15) is 0 Å². The summed E-state index contributed by atoms with van der Waals surface area (Å²) in [6, 6.07) is 0.352. The van der Waals surface area contributed by atoms with Crippen molar-refractivity contribution in [3.63, 3.8) is 0 Å². The van der Waals surface area contributed by atoms with Crippen LogP contribution in [0.4, 0.5) is 0 Å². The van der Waals surface area contributed by atoms with Crippen LogP contribution >= 0.6 is 0 Å². The Morgan fingerprint density at radius 1 is 1.43 bits per heavy atom. The summed E-state index contributed by atoms with van der Waals surface area (Å²) >= 11 is 0. The molecule has 2 fully saturated rings. The number of hydrogen-bond donors (Lipinski definition) is 1. The summed E-state index contributed by atoms with van der Waals surface area (Å²) in [4.78, 5) is 0. The smallest absolute Gasteiger partial charge is 0.150 e. The fourth-order valence-electron chi connectivity index (χ4n) is 2.19. The average Bonchev–Trinajstić information content (AvgIpc) is 2.50. The first-order chi connectivity index (χ1) is 6.57. The van der Waals surface area contributed by atoms with Gasteiger partial charge in [0.05, 0.1) is 18.1 Å². The zero-order valence-corrected chi connectivity index (χ0v) is 9.22. The van der Waals surface area contributed by atoms with Gasteiger partial charge in [0, 0.05) is 12.0 Å². The monoisotopic (exact) mass is 219 g/mol. The summed E-state index contributed by atoms with van der Waals surface area (Å²) in [7, 11) is -2.81. The summed E-state index contributed by atoms with van der Waals surface area (Å²) in [6.07, 6.45) is 1.70. The zero-order valence-electron chi connectivity index (χ0n) is 8.40. The minimum Gasteiger partial charge on any atom is -0.361 e. The van der Waals surface area contributed by atoms with E-state index in [2.05, 4.69) is 12.2 Å². The van der Waals surface area contributed by atoms with Crippen LogP contribution in [0, 0.1) is 5.92 Å². The van der Waals surface area contributed by atoms with Crippen molar-refractivity contribution in [2.24, 2.45) is 5.92 Å². The predicted molar refractivity (Wildman–Crippen MR) is 53.7 cm³/mol. The fraction of sp³-hybridized carbons (Fsp3) is 1.00. The average molecular weight is 219 g/mol. The van der Waals surface area contributed by atoms with Gasteiger partial charge in [0.2, 0.25) is 0 Å². The largest absolute Gasteiger partial charge is 0.361 e. The van der Waals surface area contributed by atoms with Crippen LogP contribution in [-0.4, -0.2) is 38.8 Å². The lowest BCUT2D eigenvalue weighted by Crippen LogP contribution is -2.40. The molecule has 0 bridgehead atoms. The molecule has 3 atom stereocenters. The van der Waals surface area contributed by atoms with Crippen molar-refractivity contribution in [1.82, 2.24) is 5.32 Å². The summed E-state index contributed by atoms with van der Waals surface area (Å²) in [5, 5.41) is 3.27. The maximum Gasteiger partial charge on any atom is 0.150 e. The van der Waals surface area contributed by atoms with Crippen LogP contribution in [0.25, 0.3) is 0 Å². The summed E-state index contributed by atoms with van der Waals surface area (Å²) < 4.78 is 28.4. The number of nitrogens with one attached hydrogen (secondary N) is 1. The molecule has 2 aliphatic heterocycles. The number of sulfone groups is 1. The Morgan fingerprint density at radius 2 is 2.21 bits per heavy atom. The Hall–Kier alpha value is -0.130. The highest BCUT2D eigenvalue weighted by molar-refractivity contribution is 7.91. The summed E-state index contributed by atoms with van der Waals surface area (Å²) in [6.45, 7) is 2.75. The topological polar surface area (TPSA) is 55.4 Å². The van der Waals surface area contributed by atoms with E-state index in [0.29, 0.717) is 18.4 Å². The van der Waals surface area contributed by atoms with E-state index in [9.17, 15) is 8.42 Å².